The normalized spacial score (nSPS) is 21.4. The molecule has 0 fully saturated rings. The van der Waals surface area contributed by atoms with Crippen LogP contribution in [0.15, 0.2) is 68.1 Å². The summed E-state index contributed by atoms with van der Waals surface area (Å²) in [7, 11) is 4.93. The third-order valence-corrected chi connectivity index (χ3v) is 19.3. The molecule has 3 aliphatic heterocycles. The lowest BCUT2D eigenvalue weighted by Gasteiger charge is -2.36. The number of benzene rings is 4. The van der Waals surface area contributed by atoms with E-state index in [2.05, 4.69) is 93.7 Å². The molecule has 0 radical (unpaired) electrons. The zero-order valence-corrected chi connectivity index (χ0v) is 53.4. The molecular formula is C62H86N4O10S4. The highest BCUT2D eigenvalue weighted by Gasteiger charge is 2.38. The highest BCUT2D eigenvalue weighted by molar-refractivity contribution is 8.76. The summed E-state index contributed by atoms with van der Waals surface area (Å²) in [6.07, 6.45) is 0. The van der Waals surface area contributed by atoms with E-state index in [1.807, 2.05) is 86.0 Å². The van der Waals surface area contributed by atoms with Crippen molar-refractivity contribution in [2.24, 2.45) is 11.8 Å². The Labute approximate surface area is 491 Å². The van der Waals surface area contributed by atoms with Crippen molar-refractivity contribution in [3.63, 3.8) is 0 Å². The number of hydrogen-bond donors (Lipinski definition) is 6. The summed E-state index contributed by atoms with van der Waals surface area (Å²) in [4.78, 5) is 63.5. The first-order chi connectivity index (χ1) is 37.0. The van der Waals surface area contributed by atoms with Crippen molar-refractivity contribution in [3.05, 3.63) is 93.0 Å². The summed E-state index contributed by atoms with van der Waals surface area (Å²) >= 11 is 2.43. The average molecular weight is 1180 g/mol. The fourth-order valence-electron chi connectivity index (χ4n) is 9.95. The van der Waals surface area contributed by atoms with E-state index in [1.165, 1.54) is 59.3 Å². The summed E-state index contributed by atoms with van der Waals surface area (Å²) in [6.45, 7) is 32.5. The lowest BCUT2D eigenvalue weighted by Crippen LogP contribution is -2.54. The number of hydrogen-bond acceptors (Lipinski definition) is 16. The molecule has 4 aromatic rings. The van der Waals surface area contributed by atoms with E-state index in [4.69, 9.17) is 9.47 Å². The Hall–Kier alpha value is -4.72. The number of rotatable bonds is 4. The third-order valence-electron chi connectivity index (χ3n) is 14.8. The van der Waals surface area contributed by atoms with Crippen LogP contribution in [0.5, 0.6) is 23.0 Å². The molecule has 7 rings (SSSR count). The number of ether oxygens (including phenoxy) is 2. The van der Waals surface area contributed by atoms with Gasteiger partial charge in [0.25, 0.3) is 0 Å². The zero-order valence-electron chi connectivity index (χ0n) is 50.1. The number of esters is 2. The first kappa shape index (κ1) is 64.4. The maximum Gasteiger partial charge on any atom is 0.329 e. The van der Waals surface area contributed by atoms with Crippen molar-refractivity contribution in [1.29, 1.82) is 0 Å². The van der Waals surface area contributed by atoms with Crippen LogP contribution in [0.2, 0.25) is 0 Å². The number of nitrogens with one attached hydrogen (secondary N) is 2. The van der Waals surface area contributed by atoms with E-state index in [-0.39, 0.29) is 60.7 Å². The Balaban J connectivity index is 1.82. The Morgan fingerprint density at radius 3 is 0.912 bits per heavy atom. The molecule has 3 heterocycles. The van der Waals surface area contributed by atoms with Crippen molar-refractivity contribution in [1.82, 2.24) is 20.4 Å². The number of phenolic OH excluding ortho intramolecular Hbond substituents is 4. The van der Waals surface area contributed by atoms with Crippen LogP contribution >= 0.6 is 45.1 Å². The predicted molar refractivity (Wildman–Crippen MR) is 324 cm³/mol. The highest BCUT2D eigenvalue weighted by Crippen LogP contribution is 2.49. The number of fused-ring (bicyclic) bond motifs is 11. The van der Waals surface area contributed by atoms with Crippen LogP contribution in [-0.4, -0.2) is 104 Å². The molecule has 4 aromatic carbocycles. The van der Waals surface area contributed by atoms with Crippen LogP contribution in [0.4, 0.5) is 0 Å². The van der Waals surface area contributed by atoms with Gasteiger partial charge in [0.05, 0.1) is 45.9 Å². The Bertz CT molecular complexity index is 2610. The molecule has 3 aliphatic rings. The van der Waals surface area contributed by atoms with Crippen molar-refractivity contribution < 1.29 is 49.1 Å². The maximum absolute atomic E-state index is 15.3. The van der Waals surface area contributed by atoms with E-state index in [0.29, 0.717) is 41.8 Å². The van der Waals surface area contributed by atoms with Gasteiger partial charge in [-0.05, 0) is 80.0 Å². The molecule has 0 saturated heterocycles. The molecule has 2 amide bonds. The Morgan fingerprint density at radius 2 is 0.713 bits per heavy atom. The number of phenols is 4. The van der Waals surface area contributed by atoms with Gasteiger partial charge < -0.3 is 40.5 Å². The fourth-order valence-corrected chi connectivity index (χ4v) is 14.4. The number of aromatic hydroxyl groups is 4. The van der Waals surface area contributed by atoms with Crippen LogP contribution in [0, 0.1) is 11.8 Å². The molecule has 6 N–H and O–H groups in total. The van der Waals surface area contributed by atoms with Gasteiger partial charge in [-0.15, -0.1) is 0 Å². The van der Waals surface area contributed by atoms with Crippen molar-refractivity contribution in [2.75, 3.05) is 25.7 Å². The second-order valence-electron chi connectivity index (χ2n) is 26.1. The minimum Gasteiger partial charge on any atom is -0.506 e. The molecular weight excluding hydrogens is 1090 g/mol. The summed E-state index contributed by atoms with van der Waals surface area (Å²) < 4.78 is 10.5. The van der Waals surface area contributed by atoms with Gasteiger partial charge in [0.1, 0.15) is 35.1 Å². The molecule has 1 unspecified atom stereocenters. The van der Waals surface area contributed by atoms with E-state index in [0.717, 1.165) is 22.3 Å². The van der Waals surface area contributed by atoms with Crippen molar-refractivity contribution in [2.45, 2.75) is 202 Å². The monoisotopic (exact) mass is 1170 g/mol. The van der Waals surface area contributed by atoms with Gasteiger partial charge in [0.2, 0.25) is 11.8 Å². The molecule has 0 aromatic heterocycles. The lowest BCUT2D eigenvalue weighted by atomic mass is 9.85. The van der Waals surface area contributed by atoms with Crippen LogP contribution in [-0.2, 0) is 76.5 Å². The van der Waals surface area contributed by atoms with Gasteiger partial charge in [-0.2, -0.15) is 0 Å². The second-order valence-corrected chi connectivity index (χ2v) is 30.8. The molecule has 438 valence electrons. The zero-order chi connectivity index (χ0) is 59.7. The fraction of sp³-hybridized carbons (Fsp3) is 0.548. The smallest absolute Gasteiger partial charge is 0.329 e. The van der Waals surface area contributed by atoms with Gasteiger partial charge in [0.15, 0.2) is 0 Å². The van der Waals surface area contributed by atoms with Crippen LogP contribution in [0.25, 0.3) is 0 Å². The molecule has 10 bridgehead atoms. The lowest BCUT2D eigenvalue weighted by molar-refractivity contribution is -0.145. The topological polar surface area (TPSA) is 198 Å². The number of methoxy groups -OCH3 is 2. The SMILES string of the molecule is COC(=O)C1CSSC[C@H](C(=O)OC)NC(=O)[C@@H](C(C)C)N2Cc3cc(C(C)(C)C)cc(c3O)Sc3cc(C(C)(C)C)cc(c3O)CN(Cc3cc(C(C)(C)C)cc(c3O)Sc3cc(C(C)(C)C)cc(c3O)C2)[C@H](C(C)C)C(=O)N1. The number of carbonyl (C=O) groups excluding carboxylic acids is 4. The minimum atomic E-state index is -1.15. The van der Waals surface area contributed by atoms with Crippen molar-refractivity contribution in [3.8, 4) is 23.0 Å². The maximum atomic E-state index is 15.3. The summed E-state index contributed by atoms with van der Waals surface area (Å²) in [5, 5.41) is 57.1. The molecule has 14 nitrogen and oxygen atoms in total. The predicted octanol–water partition coefficient (Wildman–Crippen LogP) is 12.1. The number of carbonyl (C=O) groups is 4. The minimum absolute atomic E-state index is 0.00668. The van der Waals surface area contributed by atoms with Crippen molar-refractivity contribution >= 4 is 68.9 Å². The van der Waals surface area contributed by atoms with E-state index in [1.54, 1.807) is 0 Å². The molecule has 0 saturated carbocycles. The quantitative estimate of drug-likeness (QED) is 0.0832. The van der Waals surface area contributed by atoms with Crippen LogP contribution in [0.3, 0.4) is 0 Å². The van der Waals surface area contributed by atoms with Gasteiger partial charge in [-0.3, -0.25) is 19.4 Å². The molecule has 80 heavy (non-hydrogen) atoms. The number of nitrogens with zero attached hydrogens (tertiary/aromatic N) is 2. The molecule has 18 heteroatoms. The Morgan fingerprint density at radius 1 is 0.475 bits per heavy atom. The second kappa shape index (κ2) is 25.4. The summed E-state index contributed by atoms with van der Waals surface area (Å²) in [5.41, 5.74) is 3.70. The van der Waals surface area contributed by atoms with Crippen LogP contribution in [0.1, 0.15) is 155 Å². The summed E-state index contributed by atoms with van der Waals surface area (Å²) in [6, 6.07) is 11.3. The number of amides is 2. The molecule has 0 aliphatic carbocycles. The first-order valence-electron chi connectivity index (χ1n) is 27.3. The van der Waals surface area contributed by atoms with Gasteiger partial charge in [-0.25, -0.2) is 9.59 Å². The first-order valence-corrected chi connectivity index (χ1v) is 31.5. The summed E-state index contributed by atoms with van der Waals surface area (Å²) in [5.74, 6) is -3.39. The van der Waals surface area contributed by atoms with E-state index in [9.17, 15) is 30.0 Å². The Kier molecular flexibility index (Phi) is 20.5. The van der Waals surface area contributed by atoms with Crippen LogP contribution < -0.4 is 10.6 Å². The van der Waals surface area contributed by atoms with E-state index >= 15 is 9.59 Å². The standard InChI is InChI=1S/C62H86N4O10S4/c1-33(2)49-55(71)63-43(57(73)75-17)31-77-78-32-44(58(74)76-18)64-56(72)50(34(3)4)66-29-37-21-41(61(11,12)13)25-47(53(37)69)79-45-23-39(59(5,6)7)19-35(51(45)67)27-65(49)28-36-20-40(60(8,9)10)24-46(52(36)68)80-48-26-42(62(14,15)16)22-38(30-66)54(48)70/h19-26,33-34,43-44,49-50,67-70H,27-32H2,1-18H3,(H,63,71)(H,64,72)/t43-,44?,49-,50-/m1/s1. The highest BCUT2D eigenvalue weighted by atomic mass is 33.1. The van der Waals surface area contributed by atoms with Gasteiger partial charge in [0, 0.05) is 59.9 Å². The largest absolute Gasteiger partial charge is 0.506 e. The van der Waals surface area contributed by atoms with Gasteiger partial charge >= 0.3 is 11.9 Å². The third kappa shape index (κ3) is 15.3. The van der Waals surface area contributed by atoms with E-state index < -0.39 is 81.4 Å². The van der Waals surface area contributed by atoms with Gasteiger partial charge in [-0.1, -0.05) is 180 Å². The average Bonchev–Trinajstić information content (AvgIpc) is 3.35. The molecule has 4 atom stereocenters. The molecule has 0 spiro atoms.